The molecule has 1 unspecified atom stereocenters. The van der Waals surface area contributed by atoms with E-state index in [1.807, 2.05) is 12.3 Å². The summed E-state index contributed by atoms with van der Waals surface area (Å²) in [7, 11) is 0. The molecule has 2 heterocycles. The van der Waals surface area contributed by atoms with Gasteiger partial charge in [-0.3, -0.25) is 5.10 Å². The molecule has 0 aliphatic rings. The molecule has 2 aromatic rings. The van der Waals surface area contributed by atoms with E-state index in [1.165, 1.54) is 11.3 Å². The maximum absolute atomic E-state index is 10.1. The highest BCUT2D eigenvalue weighted by atomic mass is 35.5. The molecule has 0 amide bonds. The van der Waals surface area contributed by atoms with Crippen molar-refractivity contribution in [1.82, 2.24) is 15.5 Å². The van der Waals surface area contributed by atoms with Gasteiger partial charge < -0.3 is 10.4 Å². The number of aliphatic hydroxyl groups excluding tert-OH is 1. The molecule has 1 atom stereocenters. The summed E-state index contributed by atoms with van der Waals surface area (Å²) >= 11 is 7.27. The number of halogens is 1. The fourth-order valence-electron chi connectivity index (χ4n) is 2.05. The predicted molar refractivity (Wildman–Crippen MR) is 83.3 cm³/mol. The second-order valence-corrected chi connectivity index (χ2v) is 7.56. The highest BCUT2D eigenvalue weighted by Gasteiger charge is 2.20. The number of aromatic amines is 1. The molecule has 110 valence electrons. The molecular formula is C14H20ClN3OS. The first-order valence-corrected chi connectivity index (χ1v) is 7.74. The lowest BCUT2D eigenvalue weighted by atomic mass is 9.89. The SMILES string of the molecule is CC(C)(C)c1[nH]ncc1CNCC(O)c1ccc(Cl)s1. The fourth-order valence-corrected chi connectivity index (χ4v) is 3.09. The summed E-state index contributed by atoms with van der Waals surface area (Å²) in [6.45, 7) is 7.61. The Morgan fingerprint density at radius 2 is 2.20 bits per heavy atom. The maximum atomic E-state index is 10.1. The number of thiophene rings is 1. The van der Waals surface area contributed by atoms with Crippen molar-refractivity contribution >= 4 is 22.9 Å². The fraction of sp³-hybridized carbons (Fsp3) is 0.500. The molecule has 0 bridgehead atoms. The molecule has 6 heteroatoms. The Morgan fingerprint density at radius 3 is 2.80 bits per heavy atom. The number of aliphatic hydroxyl groups is 1. The van der Waals surface area contributed by atoms with Crippen LogP contribution in [0.1, 0.15) is 43.0 Å². The highest BCUT2D eigenvalue weighted by molar-refractivity contribution is 7.16. The number of H-pyrrole nitrogens is 1. The minimum atomic E-state index is -0.530. The quantitative estimate of drug-likeness (QED) is 0.794. The van der Waals surface area contributed by atoms with E-state index in [0.29, 0.717) is 17.4 Å². The first kappa shape index (κ1) is 15.5. The molecule has 20 heavy (non-hydrogen) atoms. The molecule has 3 N–H and O–H groups in total. The van der Waals surface area contributed by atoms with Crippen LogP contribution in [0.5, 0.6) is 0 Å². The van der Waals surface area contributed by atoms with Crippen molar-refractivity contribution in [2.24, 2.45) is 0 Å². The minimum Gasteiger partial charge on any atom is -0.386 e. The van der Waals surface area contributed by atoms with E-state index in [0.717, 1.165) is 16.1 Å². The average molecular weight is 314 g/mol. The van der Waals surface area contributed by atoms with Crippen LogP contribution < -0.4 is 5.32 Å². The number of aromatic nitrogens is 2. The largest absolute Gasteiger partial charge is 0.386 e. The smallest absolute Gasteiger partial charge is 0.101 e. The predicted octanol–water partition coefficient (Wildman–Crippen LogP) is 3.25. The normalized spacial score (nSPS) is 13.7. The number of hydrogen-bond acceptors (Lipinski definition) is 4. The topological polar surface area (TPSA) is 60.9 Å². The van der Waals surface area contributed by atoms with Crippen molar-refractivity contribution < 1.29 is 5.11 Å². The second-order valence-electron chi connectivity index (χ2n) is 5.81. The van der Waals surface area contributed by atoms with Crippen molar-refractivity contribution in [3.05, 3.63) is 38.8 Å². The summed E-state index contributed by atoms with van der Waals surface area (Å²) in [5, 5.41) is 20.5. The lowest BCUT2D eigenvalue weighted by molar-refractivity contribution is 0.178. The third-order valence-electron chi connectivity index (χ3n) is 3.04. The van der Waals surface area contributed by atoms with Crippen molar-refractivity contribution in [2.45, 2.75) is 38.8 Å². The number of nitrogens with zero attached hydrogens (tertiary/aromatic N) is 1. The Kier molecular flexibility index (Phi) is 4.86. The van der Waals surface area contributed by atoms with Gasteiger partial charge in [0.25, 0.3) is 0 Å². The Hall–Kier alpha value is -0.880. The van der Waals surface area contributed by atoms with Gasteiger partial charge in [-0.1, -0.05) is 32.4 Å². The van der Waals surface area contributed by atoms with E-state index in [-0.39, 0.29) is 5.41 Å². The van der Waals surface area contributed by atoms with Gasteiger partial charge in [0.05, 0.1) is 10.5 Å². The Labute approximate surface area is 128 Å². The van der Waals surface area contributed by atoms with Gasteiger partial charge in [-0.25, -0.2) is 0 Å². The number of rotatable bonds is 5. The molecule has 0 radical (unpaired) electrons. The zero-order valence-corrected chi connectivity index (χ0v) is 13.5. The van der Waals surface area contributed by atoms with Crippen LogP contribution >= 0.6 is 22.9 Å². The summed E-state index contributed by atoms with van der Waals surface area (Å²) in [5.41, 5.74) is 2.29. The van der Waals surface area contributed by atoms with Crippen LogP contribution in [0, 0.1) is 0 Å². The zero-order valence-electron chi connectivity index (χ0n) is 11.9. The number of hydrogen-bond donors (Lipinski definition) is 3. The number of nitrogens with one attached hydrogen (secondary N) is 2. The van der Waals surface area contributed by atoms with E-state index in [1.54, 1.807) is 6.07 Å². The molecule has 0 saturated heterocycles. The van der Waals surface area contributed by atoms with E-state index >= 15 is 0 Å². The lowest BCUT2D eigenvalue weighted by Gasteiger charge is -2.19. The molecule has 0 spiro atoms. The Morgan fingerprint density at radius 1 is 1.45 bits per heavy atom. The third kappa shape index (κ3) is 3.82. The highest BCUT2D eigenvalue weighted by Crippen LogP contribution is 2.27. The minimum absolute atomic E-state index is 0.0351. The van der Waals surface area contributed by atoms with Crippen LogP contribution in [0.15, 0.2) is 18.3 Å². The van der Waals surface area contributed by atoms with Gasteiger partial charge in [0, 0.05) is 34.6 Å². The van der Waals surface area contributed by atoms with Gasteiger partial charge in [0.15, 0.2) is 0 Å². The van der Waals surface area contributed by atoms with Crippen LogP contribution in [-0.2, 0) is 12.0 Å². The van der Waals surface area contributed by atoms with E-state index in [9.17, 15) is 5.11 Å². The van der Waals surface area contributed by atoms with Crippen molar-refractivity contribution in [2.75, 3.05) is 6.54 Å². The van der Waals surface area contributed by atoms with Gasteiger partial charge in [-0.05, 0) is 12.1 Å². The van der Waals surface area contributed by atoms with Gasteiger partial charge in [0.2, 0.25) is 0 Å². The van der Waals surface area contributed by atoms with Crippen LogP contribution in [0.4, 0.5) is 0 Å². The molecule has 0 aliphatic carbocycles. The van der Waals surface area contributed by atoms with Crippen LogP contribution in [-0.4, -0.2) is 21.8 Å². The van der Waals surface area contributed by atoms with Crippen molar-refractivity contribution in [3.63, 3.8) is 0 Å². The third-order valence-corrected chi connectivity index (χ3v) is 4.38. The van der Waals surface area contributed by atoms with Crippen molar-refractivity contribution in [3.8, 4) is 0 Å². The lowest BCUT2D eigenvalue weighted by Crippen LogP contribution is -2.23. The molecule has 0 aliphatic heterocycles. The summed E-state index contributed by atoms with van der Waals surface area (Å²) in [4.78, 5) is 0.880. The van der Waals surface area contributed by atoms with Gasteiger partial charge in [0.1, 0.15) is 6.10 Å². The molecule has 0 fully saturated rings. The van der Waals surface area contributed by atoms with Crippen LogP contribution in [0.2, 0.25) is 4.34 Å². The average Bonchev–Trinajstić information content (AvgIpc) is 2.96. The summed E-state index contributed by atoms with van der Waals surface area (Å²) < 4.78 is 0.698. The van der Waals surface area contributed by atoms with Crippen LogP contribution in [0.25, 0.3) is 0 Å². The Balaban J connectivity index is 1.89. The maximum Gasteiger partial charge on any atom is 0.101 e. The summed E-state index contributed by atoms with van der Waals surface area (Å²) in [6.07, 6.45) is 1.31. The van der Waals surface area contributed by atoms with Gasteiger partial charge >= 0.3 is 0 Å². The zero-order chi connectivity index (χ0) is 14.8. The molecule has 0 saturated carbocycles. The molecule has 0 aromatic carbocycles. The monoisotopic (exact) mass is 313 g/mol. The van der Waals surface area contributed by atoms with E-state index in [4.69, 9.17) is 11.6 Å². The first-order valence-electron chi connectivity index (χ1n) is 6.54. The molecule has 4 nitrogen and oxygen atoms in total. The first-order chi connectivity index (χ1) is 9.38. The molecule has 2 rings (SSSR count). The van der Waals surface area contributed by atoms with Gasteiger partial charge in [-0.2, -0.15) is 5.10 Å². The van der Waals surface area contributed by atoms with Crippen molar-refractivity contribution in [1.29, 1.82) is 0 Å². The second kappa shape index (κ2) is 6.26. The van der Waals surface area contributed by atoms with Crippen LogP contribution in [0.3, 0.4) is 0 Å². The van der Waals surface area contributed by atoms with E-state index < -0.39 is 6.10 Å². The Bertz CT molecular complexity index is 559. The molecular weight excluding hydrogens is 294 g/mol. The summed E-state index contributed by atoms with van der Waals surface area (Å²) in [6, 6.07) is 3.66. The standard InChI is InChI=1S/C14H20ClN3OS/c1-14(2,3)13-9(7-17-18-13)6-16-8-10(19)11-4-5-12(15)20-11/h4-5,7,10,16,19H,6,8H2,1-3H3,(H,17,18). The van der Waals surface area contributed by atoms with E-state index in [2.05, 4.69) is 36.3 Å². The molecule has 2 aromatic heterocycles. The van der Waals surface area contributed by atoms with Gasteiger partial charge in [-0.15, -0.1) is 11.3 Å². The summed E-state index contributed by atoms with van der Waals surface area (Å²) in [5.74, 6) is 0.